The number of rotatable bonds is 6. The van der Waals surface area contributed by atoms with Crippen molar-refractivity contribution < 1.29 is 4.79 Å². The molecule has 1 N–H and O–H groups in total. The summed E-state index contributed by atoms with van der Waals surface area (Å²) in [5.74, 6) is 0.612. The number of carbonyl (C=O) groups is 1. The van der Waals surface area contributed by atoms with Crippen LogP contribution >= 0.6 is 27.7 Å². The van der Waals surface area contributed by atoms with Crippen LogP contribution < -0.4 is 5.32 Å². The first-order valence-electron chi connectivity index (χ1n) is 8.63. The Balaban J connectivity index is 1.36. The fraction of sp³-hybridized carbons (Fsp3) is 0.350. The molecule has 1 fully saturated rings. The van der Waals surface area contributed by atoms with Crippen molar-refractivity contribution in [2.45, 2.75) is 30.3 Å². The highest BCUT2D eigenvalue weighted by atomic mass is 79.9. The number of likely N-dealkylation sites (tertiary alicyclic amines) is 1. The molecule has 0 radical (unpaired) electrons. The molecule has 3 rings (SSSR count). The summed E-state index contributed by atoms with van der Waals surface area (Å²) < 4.78 is 1.06. The Hall–Kier alpha value is -1.30. The minimum absolute atomic E-state index is 0.134. The molecule has 0 spiro atoms. The third-order valence-corrected chi connectivity index (χ3v) is 5.93. The maximum Gasteiger partial charge on any atom is 0.230 e. The number of thioether (sulfide) groups is 1. The van der Waals surface area contributed by atoms with E-state index in [9.17, 15) is 4.79 Å². The lowest BCUT2D eigenvalue weighted by Crippen LogP contribution is -2.44. The zero-order valence-electron chi connectivity index (χ0n) is 14.2. The molecule has 0 bridgehead atoms. The zero-order chi connectivity index (χ0) is 17.5. The quantitative estimate of drug-likeness (QED) is 0.708. The molecule has 1 amide bonds. The Kier molecular flexibility index (Phi) is 6.96. The van der Waals surface area contributed by atoms with Crippen LogP contribution in [0.15, 0.2) is 64.0 Å². The fourth-order valence-electron chi connectivity index (χ4n) is 3.03. The smallest absolute Gasteiger partial charge is 0.230 e. The number of amides is 1. The third-order valence-electron chi connectivity index (χ3n) is 4.39. The normalized spacial score (nSPS) is 15.9. The van der Waals surface area contributed by atoms with E-state index in [-0.39, 0.29) is 5.91 Å². The molecule has 1 heterocycles. The number of hydrogen-bond acceptors (Lipinski definition) is 3. The van der Waals surface area contributed by atoms with Crippen molar-refractivity contribution in [3.8, 4) is 0 Å². The molecule has 5 heteroatoms. The maximum atomic E-state index is 12.2. The predicted octanol–water partition coefficient (Wildman–Crippen LogP) is 4.32. The average Bonchev–Trinajstić information content (AvgIpc) is 2.64. The highest BCUT2D eigenvalue weighted by Gasteiger charge is 2.20. The molecule has 0 aliphatic carbocycles. The van der Waals surface area contributed by atoms with E-state index in [0.717, 1.165) is 41.8 Å². The Bertz CT molecular complexity index is 670. The topological polar surface area (TPSA) is 32.3 Å². The van der Waals surface area contributed by atoms with Gasteiger partial charge in [0, 0.05) is 35.0 Å². The molecule has 2 aromatic carbocycles. The van der Waals surface area contributed by atoms with Gasteiger partial charge in [0.05, 0.1) is 5.75 Å². The number of carbonyl (C=O) groups excluding carboxylic acids is 1. The lowest BCUT2D eigenvalue weighted by atomic mass is 10.0. The number of nitrogens with one attached hydrogen (secondary N) is 1. The summed E-state index contributed by atoms with van der Waals surface area (Å²) >= 11 is 5.01. The van der Waals surface area contributed by atoms with Crippen molar-refractivity contribution >= 4 is 33.6 Å². The van der Waals surface area contributed by atoms with Gasteiger partial charge < -0.3 is 5.32 Å². The molecule has 0 unspecified atom stereocenters. The second kappa shape index (κ2) is 9.41. The summed E-state index contributed by atoms with van der Waals surface area (Å²) in [6, 6.07) is 19.0. The monoisotopic (exact) mass is 418 g/mol. The van der Waals surface area contributed by atoms with Gasteiger partial charge in [-0.3, -0.25) is 9.69 Å². The predicted molar refractivity (Wildman–Crippen MR) is 108 cm³/mol. The Morgan fingerprint density at radius 3 is 2.44 bits per heavy atom. The molecule has 0 atom stereocenters. The maximum absolute atomic E-state index is 12.2. The molecular weight excluding hydrogens is 396 g/mol. The molecule has 132 valence electrons. The van der Waals surface area contributed by atoms with Crippen LogP contribution in [-0.2, 0) is 11.3 Å². The van der Waals surface area contributed by atoms with Crippen LogP contribution in [0.4, 0.5) is 0 Å². The first-order chi connectivity index (χ1) is 12.2. The van der Waals surface area contributed by atoms with Gasteiger partial charge in [0.25, 0.3) is 0 Å². The number of nitrogens with zero attached hydrogens (tertiary/aromatic N) is 1. The summed E-state index contributed by atoms with van der Waals surface area (Å²) in [5, 5.41) is 3.19. The van der Waals surface area contributed by atoms with Crippen molar-refractivity contribution in [2.75, 3.05) is 18.8 Å². The molecule has 1 saturated heterocycles. The summed E-state index contributed by atoms with van der Waals surface area (Å²) in [6.45, 7) is 3.08. The Morgan fingerprint density at radius 1 is 1.08 bits per heavy atom. The van der Waals surface area contributed by atoms with Gasteiger partial charge in [-0.15, -0.1) is 11.8 Å². The first kappa shape index (κ1) is 18.5. The van der Waals surface area contributed by atoms with E-state index >= 15 is 0 Å². The van der Waals surface area contributed by atoms with E-state index in [0.29, 0.717) is 11.8 Å². The molecule has 0 saturated carbocycles. The summed E-state index contributed by atoms with van der Waals surface area (Å²) in [4.78, 5) is 15.8. The number of benzene rings is 2. The summed E-state index contributed by atoms with van der Waals surface area (Å²) in [7, 11) is 0. The fourth-order valence-corrected chi connectivity index (χ4v) is 4.00. The number of hydrogen-bond donors (Lipinski definition) is 1. The molecule has 2 aromatic rings. The zero-order valence-corrected chi connectivity index (χ0v) is 16.6. The van der Waals surface area contributed by atoms with Gasteiger partial charge in [0.1, 0.15) is 0 Å². The molecule has 3 nitrogen and oxygen atoms in total. The van der Waals surface area contributed by atoms with Crippen LogP contribution in [0.25, 0.3) is 0 Å². The summed E-state index contributed by atoms with van der Waals surface area (Å²) in [5.41, 5.74) is 1.36. The van der Waals surface area contributed by atoms with Crippen LogP contribution in [0.2, 0.25) is 0 Å². The van der Waals surface area contributed by atoms with Gasteiger partial charge in [0.2, 0.25) is 5.91 Å². The minimum Gasteiger partial charge on any atom is -0.353 e. The minimum atomic E-state index is 0.134. The molecule has 1 aliphatic rings. The van der Waals surface area contributed by atoms with E-state index in [1.54, 1.807) is 11.8 Å². The molecular formula is C20H23BrN2OS. The van der Waals surface area contributed by atoms with Crippen LogP contribution in [0, 0.1) is 0 Å². The van der Waals surface area contributed by atoms with Crippen molar-refractivity contribution in [3.63, 3.8) is 0 Å². The van der Waals surface area contributed by atoms with Crippen LogP contribution in [0.1, 0.15) is 18.4 Å². The van der Waals surface area contributed by atoms with E-state index in [1.807, 2.05) is 24.3 Å². The standard InChI is InChI=1S/C20H23BrN2OS/c21-17-6-8-19(9-7-17)25-15-20(24)22-18-10-12-23(13-11-18)14-16-4-2-1-3-5-16/h1-9,18H,10-15H2,(H,22,24). The lowest BCUT2D eigenvalue weighted by molar-refractivity contribution is -0.119. The second-order valence-corrected chi connectivity index (χ2v) is 8.31. The number of piperidine rings is 1. The van der Waals surface area contributed by atoms with E-state index in [1.165, 1.54) is 5.56 Å². The Labute approximate surface area is 162 Å². The lowest BCUT2D eigenvalue weighted by Gasteiger charge is -2.32. The molecule has 25 heavy (non-hydrogen) atoms. The van der Waals surface area contributed by atoms with Crippen LogP contribution in [-0.4, -0.2) is 35.7 Å². The van der Waals surface area contributed by atoms with Crippen LogP contribution in [0.5, 0.6) is 0 Å². The highest BCUT2D eigenvalue weighted by molar-refractivity contribution is 9.10. The van der Waals surface area contributed by atoms with Gasteiger partial charge in [-0.1, -0.05) is 46.3 Å². The summed E-state index contributed by atoms with van der Waals surface area (Å²) in [6.07, 6.45) is 2.06. The largest absolute Gasteiger partial charge is 0.353 e. The molecule has 0 aromatic heterocycles. The van der Waals surface area contributed by atoms with Crippen molar-refractivity contribution in [3.05, 3.63) is 64.6 Å². The van der Waals surface area contributed by atoms with Crippen molar-refractivity contribution in [2.24, 2.45) is 0 Å². The average molecular weight is 419 g/mol. The Morgan fingerprint density at radius 2 is 1.76 bits per heavy atom. The highest BCUT2D eigenvalue weighted by Crippen LogP contribution is 2.20. The SMILES string of the molecule is O=C(CSc1ccc(Br)cc1)NC1CCN(Cc2ccccc2)CC1. The second-order valence-electron chi connectivity index (χ2n) is 6.35. The third kappa shape index (κ3) is 6.17. The van der Waals surface area contributed by atoms with E-state index in [2.05, 4.69) is 56.5 Å². The van der Waals surface area contributed by atoms with Gasteiger partial charge in [-0.2, -0.15) is 0 Å². The van der Waals surface area contributed by atoms with Crippen molar-refractivity contribution in [1.82, 2.24) is 10.2 Å². The van der Waals surface area contributed by atoms with Gasteiger partial charge >= 0.3 is 0 Å². The van der Waals surface area contributed by atoms with Crippen LogP contribution in [0.3, 0.4) is 0 Å². The van der Waals surface area contributed by atoms with Gasteiger partial charge in [-0.25, -0.2) is 0 Å². The van der Waals surface area contributed by atoms with Gasteiger partial charge in [-0.05, 0) is 42.7 Å². The van der Waals surface area contributed by atoms with Gasteiger partial charge in [0.15, 0.2) is 0 Å². The van der Waals surface area contributed by atoms with E-state index < -0.39 is 0 Å². The molecule has 1 aliphatic heterocycles. The number of halogens is 1. The first-order valence-corrected chi connectivity index (χ1v) is 10.4. The van der Waals surface area contributed by atoms with E-state index in [4.69, 9.17) is 0 Å². The van der Waals surface area contributed by atoms with Crippen molar-refractivity contribution in [1.29, 1.82) is 0 Å².